The number of nitrogens with two attached hydrogens (primary N) is 2. The van der Waals surface area contributed by atoms with Crippen molar-refractivity contribution in [1.82, 2.24) is 0 Å². The second-order valence-electron chi connectivity index (χ2n) is 4.43. The van der Waals surface area contributed by atoms with Gasteiger partial charge in [0.25, 0.3) is 11.8 Å². The molecule has 2 amide bonds. The van der Waals surface area contributed by atoms with Crippen molar-refractivity contribution in [3.05, 3.63) is 23.8 Å². The first-order valence-corrected chi connectivity index (χ1v) is 6.47. The third-order valence-corrected chi connectivity index (χ3v) is 2.52. The molecule has 0 aliphatic carbocycles. The molecule has 4 N–H and O–H groups in total. The highest BCUT2D eigenvalue weighted by atomic mass is 16.5. The number of aryl methyl sites for hydroxylation is 1. The van der Waals surface area contributed by atoms with Crippen LogP contribution in [0.4, 0.5) is 0 Å². The Labute approximate surface area is 118 Å². The average Bonchev–Trinajstić information content (AvgIpc) is 2.40. The van der Waals surface area contributed by atoms with Crippen molar-refractivity contribution < 1.29 is 19.1 Å². The maximum atomic E-state index is 10.7. The van der Waals surface area contributed by atoms with E-state index in [1.54, 1.807) is 6.07 Å². The lowest BCUT2D eigenvalue weighted by Crippen LogP contribution is -2.21. The van der Waals surface area contributed by atoms with Gasteiger partial charge >= 0.3 is 0 Å². The van der Waals surface area contributed by atoms with Crippen LogP contribution in [0, 0.1) is 0 Å². The van der Waals surface area contributed by atoms with E-state index in [-0.39, 0.29) is 13.2 Å². The fraction of sp³-hybridized carbons (Fsp3) is 0.429. The van der Waals surface area contributed by atoms with Gasteiger partial charge in [0, 0.05) is 6.07 Å². The normalized spacial score (nSPS) is 10.1. The molecule has 0 bridgehead atoms. The van der Waals surface area contributed by atoms with Crippen LogP contribution < -0.4 is 20.9 Å². The molecule has 0 aromatic heterocycles. The van der Waals surface area contributed by atoms with Crippen LogP contribution in [0.15, 0.2) is 18.2 Å². The third-order valence-electron chi connectivity index (χ3n) is 2.52. The van der Waals surface area contributed by atoms with E-state index in [1.807, 2.05) is 12.1 Å². The Hall–Kier alpha value is -2.24. The van der Waals surface area contributed by atoms with Crippen LogP contribution in [-0.2, 0) is 16.0 Å². The van der Waals surface area contributed by atoms with Gasteiger partial charge in [-0.2, -0.15) is 0 Å². The van der Waals surface area contributed by atoms with Crippen LogP contribution in [0.2, 0.25) is 0 Å². The van der Waals surface area contributed by atoms with Crippen molar-refractivity contribution >= 4 is 11.8 Å². The standard InChI is InChI=1S/C14H20N2O4/c1-2-3-4-10-5-11(19-8-13(15)17)7-12(6-10)20-9-14(16)18/h5-7H,2-4,8-9H2,1H3,(H2,15,17)(H2,16,18). The first kappa shape index (κ1) is 15.8. The van der Waals surface area contributed by atoms with E-state index in [0.29, 0.717) is 11.5 Å². The maximum absolute atomic E-state index is 10.7. The van der Waals surface area contributed by atoms with Gasteiger partial charge in [-0.1, -0.05) is 13.3 Å². The first-order valence-electron chi connectivity index (χ1n) is 6.47. The number of carbonyl (C=O) groups is 2. The monoisotopic (exact) mass is 280 g/mol. The molecule has 0 radical (unpaired) electrons. The summed E-state index contributed by atoms with van der Waals surface area (Å²) < 4.78 is 10.5. The van der Waals surface area contributed by atoms with Gasteiger partial charge in [0.05, 0.1) is 0 Å². The zero-order valence-corrected chi connectivity index (χ0v) is 11.6. The summed E-state index contributed by atoms with van der Waals surface area (Å²) in [7, 11) is 0. The van der Waals surface area contributed by atoms with Crippen molar-refractivity contribution in [1.29, 1.82) is 0 Å². The highest BCUT2D eigenvalue weighted by Gasteiger charge is 2.06. The minimum absolute atomic E-state index is 0.202. The number of unbranched alkanes of at least 4 members (excludes halogenated alkanes) is 1. The van der Waals surface area contributed by atoms with Crippen molar-refractivity contribution in [2.75, 3.05) is 13.2 Å². The van der Waals surface area contributed by atoms with Crippen LogP contribution in [0.5, 0.6) is 11.5 Å². The summed E-state index contributed by atoms with van der Waals surface area (Å²) in [6.07, 6.45) is 2.94. The maximum Gasteiger partial charge on any atom is 0.255 e. The smallest absolute Gasteiger partial charge is 0.255 e. The van der Waals surface area contributed by atoms with E-state index < -0.39 is 11.8 Å². The second kappa shape index (κ2) is 8.04. The number of hydrogen-bond acceptors (Lipinski definition) is 4. The molecule has 0 fully saturated rings. The number of ether oxygens (including phenoxy) is 2. The van der Waals surface area contributed by atoms with E-state index in [2.05, 4.69) is 6.92 Å². The molecular weight excluding hydrogens is 260 g/mol. The average molecular weight is 280 g/mol. The van der Waals surface area contributed by atoms with Crippen molar-refractivity contribution in [3.63, 3.8) is 0 Å². The van der Waals surface area contributed by atoms with Gasteiger partial charge in [0.15, 0.2) is 13.2 Å². The number of amides is 2. The Balaban J connectivity index is 2.82. The molecule has 1 aromatic carbocycles. The molecule has 0 unspecified atom stereocenters. The Morgan fingerprint density at radius 3 is 1.90 bits per heavy atom. The van der Waals surface area contributed by atoms with E-state index in [1.165, 1.54) is 0 Å². The van der Waals surface area contributed by atoms with Gasteiger partial charge in [-0.15, -0.1) is 0 Å². The number of benzene rings is 1. The van der Waals surface area contributed by atoms with E-state index >= 15 is 0 Å². The molecule has 1 aromatic rings. The predicted octanol–water partition coefficient (Wildman–Crippen LogP) is 0.757. The van der Waals surface area contributed by atoms with Crippen molar-refractivity contribution in [3.8, 4) is 11.5 Å². The van der Waals surface area contributed by atoms with E-state index in [4.69, 9.17) is 20.9 Å². The lowest BCUT2D eigenvalue weighted by molar-refractivity contribution is -0.120. The number of rotatable bonds is 9. The SMILES string of the molecule is CCCCc1cc(OCC(N)=O)cc(OCC(N)=O)c1. The largest absolute Gasteiger partial charge is 0.484 e. The topological polar surface area (TPSA) is 105 Å². The van der Waals surface area contributed by atoms with Crippen LogP contribution in [0.3, 0.4) is 0 Å². The fourth-order valence-corrected chi connectivity index (χ4v) is 1.63. The molecule has 110 valence electrons. The highest BCUT2D eigenvalue weighted by Crippen LogP contribution is 2.24. The lowest BCUT2D eigenvalue weighted by atomic mass is 10.1. The molecule has 0 atom stereocenters. The molecule has 0 saturated carbocycles. The molecular formula is C14H20N2O4. The Kier molecular flexibility index (Phi) is 6.36. The molecule has 0 aliphatic heterocycles. The predicted molar refractivity (Wildman–Crippen MR) is 74.4 cm³/mol. The van der Waals surface area contributed by atoms with Gasteiger partial charge in [-0.3, -0.25) is 9.59 Å². The zero-order chi connectivity index (χ0) is 15.0. The summed E-state index contributed by atoms with van der Waals surface area (Å²) in [6, 6.07) is 5.26. The second-order valence-corrected chi connectivity index (χ2v) is 4.43. The highest BCUT2D eigenvalue weighted by molar-refractivity contribution is 5.75. The summed E-state index contributed by atoms with van der Waals surface area (Å²) >= 11 is 0. The lowest BCUT2D eigenvalue weighted by Gasteiger charge is -2.11. The van der Waals surface area contributed by atoms with Gasteiger partial charge < -0.3 is 20.9 Å². The number of hydrogen-bond donors (Lipinski definition) is 2. The van der Waals surface area contributed by atoms with Crippen LogP contribution >= 0.6 is 0 Å². The van der Waals surface area contributed by atoms with Crippen molar-refractivity contribution in [2.45, 2.75) is 26.2 Å². The molecule has 1 rings (SSSR count). The number of primary amides is 2. The van der Waals surface area contributed by atoms with Gasteiger partial charge in [-0.05, 0) is 30.5 Å². The summed E-state index contributed by atoms with van der Waals surface area (Å²) in [5.74, 6) is -0.138. The summed E-state index contributed by atoms with van der Waals surface area (Å²) in [5.41, 5.74) is 11.1. The fourth-order valence-electron chi connectivity index (χ4n) is 1.63. The zero-order valence-electron chi connectivity index (χ0n) is 11.6. The van der Waals surface area contributed by atoms with Crippen molar-refractivity contribution in [2.24, 2.45) is 11.5 Å². The number of carbonyl (C=O) groups excluding carboxylic acids is 2. The first-order chi connectivity index (χ1) is 9.51. The van der Waals surface area contributed by atoms with E-state index in [0.717, 1.165) is 24.8 Å². The Morgan fingerprint density at radius 2 is 1.50 bits per heavy atom. The summed E-state index contributed by atoms with van der Waals surface area (Å²) in [5, 5.41) is 0. The van der Waals surface area contributed by atoms with Gasteiger partial charge in [-0.25, -0.2) is 0 Å². The summed E-state index contributed by atoms with van der Waals surface area (Å²) in [4.78, 5) is 21.5. The quantitative estimate of drug-likeness (QED) is 0.696. The molecule has 0 aliphatic rings. The van der Waals surface area contributed by atoms with Crippen LogP contribution in [0.1, 0.15) is 25.3 Å². The Morgan fingerprint density at radius 1 is 1.00 bits per heavy atom. The van der Waals surface area contributed by atoms with Crippen LogP contribution in [0.25, 0.3) is 0 Å². The van der Waals surface area contributed by atoms with Gasteiger partial charge in [0.1, 0.15) is 11.5 Å². The molecule has 20 heavy (non-hydrogen) atoms. The van der Waals surface area contributed by atoms with Crippen LogP contribution in [-0.4, -0.2) is 25.0 Å². The molecule has 0 saturated heterocycles. The third kappa shape index (κ3) is 6.08. The van der Waals surface area contributed by atoms with Gasteiger partial charge in [0.2, 0.25) is 0 Å². The molecule has 0 spiro atoms. The van der Waals surface area contributed by atoms with E-state index in [9.17, 15) is 9.59 Å². The minimum Gasteiger partial charge on any atom is -0.484 e. The summed E-state index contributed by atoms with van der Waals surface area (Å²) in [6.45, 7) is 1.69. The molecule has 0 heterocycles. The molecule has 6 heteroatoms. The minimum atomic E-state index is -0.552. The Bertz CT molecular complexity index is 438. The molecule has 6 nitrogen and oxygen atoms in total.